The smallest absolute Gasteiger partial charge is 0.214 e. The number of aromatic nitrogens is 1. The van der Waals surface area contributed by atoms with Crippen molar-refractivity contribution in [1.82, 2.24) is 4.98 Å². The van der Waals surface area contributed by atoms with Crippen molar-refractivity contribution in [2.24, 2.45) is 0 Å². The molecule has 0 saturated carbocycles. The Morgan fingerprint density at radius 3 is 2.07 bits per heavy atom. The fourth-order valence-corrected chi connectivity index (χ4v) is 1.05. The van der Waals surface area contributed by atoms with E-state index in [1.54, 1.807) is 6.20 Å². The molecule has 1 heterocycles. The second-order valence-electron chi connectivity index (χ2n) is 5.65. The van der Waals surface area contributed by atoms with Crippen molar-refractivity contribution in [3.8, 4) is 0 Å². The highest BCUT2D eigenvalue weighted by molar-refractivity contribution is 5.31. The van der Waals surface area contributed by atoms with Crippen LogP contribution < -0.4 is 5.32 Å². The molecule has 0 spiro atoms. The Bertz CT molecular complexity index is 302. The number of oxazole rings is 1. The molecule has 0 radical (unpaired) electrons. The van der Waals surface area contributed by atoms with Gasteiger partial charge in [0.05, 0.1) is 6.20 Å². The van der Waals surface area contributed by atoms with Crippen molar-refractivity contribution in [3.63, 3.8) is 0 Å². The lowest BCUT2D eigenvalue weighted by atomic mass is 9.97. The Morgan fingerprint density at radius 2 is 1.71 bits per heavy atom. The molecule has 0 aromatic carbocycles. The predicted octanol–water partition coefficient (Wildman–Crippen LogP) is 3.18. The molecule has 0 saturated heterocycles. The second-order valence-corrected chi connectivity index (χ2v) is 5.65. The highest BCUT2D eigenvalue weighted by atomic mass is 16.4. The Hall–Kier alpha value is -0.990. The minimum absolute atomic E-state index is 0.00862. The van der Waals surface area contributed by atoms with Gasteiger partial charge in [0.25, 0.3) is 0 Å². The third-order valence-electron chi connectivity index (χ3n) is 1.65. The largest absolute Gasteiger partial charge is 0.425 e. The van der Waals surface area contributed by atoms with E-state index in [1.807, 2.05) is 0 Å². The molecular weight excluding hydrogens is 176 g/mol. The second kappa shape index (κ2) is 3.30. The number of nitrogens with one attached hydrogen (secondary N) is 1. The fraction of sp³-hybridized carbons (Fsp3) is 0.727. The van der Waals surface area contributed by atoms with Gasteiger partial charge in [0.1, 0.15) is 0 Å². The first-order valence-electron chi connectivity index (χ1n) is 4.93. The summed E-state index contributed by atoms with van der Waals surface area (Å²) in [6.45, 7) is 12.5. The zero-order chi connectivity index (χ0) is 11.0. The van der Waals surface area contributed by atoms with Gasteiger partial charge in [-0.1, -0.05) is 20.8 Å². The molecule has 0 amide bonds. The minimum Gasteiger partial charge on any atom is -0.425 e. The van der Waals surface area contributed by atoms with Gasteiger partial charge in [0.15, 0.2) is 0 Å². The van der Waals surface area contributed by atoms with Crippen LogP contribution in [0.4, 0.5) is 5.88 Å². The molecule has 0 fully saturated rings. The highest BCUT2D eigenvalue weighted by Gasteiger charge is 2.21. The summed E-state index contributed by atoms with van der Waals surface area (Å²) in [5, 5.41) is 3.24. The average Bonchev–Trinajstić information content (AvgIpc) is 2.29. The standard InChI is InChI=1S/C11H20N2O/c1-10(2,3)9-12-7-8(14-9)13-11(4,5)6/h7,13H,1-6H3. The monoisotopic (exact) mass is 196 g/mol. The Balaban J connectivity index is 2.79. The van der Waals surface area contributed by atoms with E-state index in [0.717, 1.165) is 11.8 Å². The maximum absolute atomic E-state index is 5.60. The van der Waals surface area contributed by atoms with Crippen LogP contribution >= 0.6 is 0 Å². The first kappa shape index (κ1) is 11.1. The van der Waals surface area contributed by atoms with Crippen LogP contribution in [0.2, 0.25) is 0 Å². The van der Waals surface area contributed by atoms with Gasteiger partial charge in [0.2, 0.25) is 11.8 Å². The van der Waals surface area contributed by atoms with Crippen molar-refractivity contribution in [2.75, 3.05) is 5.32 Å². The molecule has 0 aliphatic heterocycles. The molecule has 0 aliphatic rings. The number of anilines is 1. The molecule has 1 N–H and O–H groups in total. The zero-order valence-electron chi connectivity index (χ0n) is 9.93. The summed E-state index contributed by atoms with van der Waals surface area (Å²) < 4.78 is 5.60. The van der Waals surface area contributed by atoms with Gasteiger partial charge in [-0.15, -0.1) is 0 Å². The highest BCUT2D eigenvalue weighted by Crippen LogP contribution is 2.24. The van der Waals surface area contributed by atoms with Crippen molar-refractivity contribution in [1.29, 1.82) is 0 Å². The van der Waals surface area contributed by atoms with Crippen LogP contribution in [0.25, 0.3) is 0 Å². The van der Waals surface area contributed by atoms with Crippen molar-refractivity contribution in [2.45, 2.75) is 52.5 Å². The quantitative estimate of drug-likeness (QED) is 0.749. The zero-order valence-corrected chi connectivity index (χ0v) is 9.93. The Kier molecular flexibility index (Phi) is 2.61. The van der Waals surface area contributed by atoms with E-state index < -0.39 is 0 Å². The van der Waals surface area contributed by atoms with Crippen LogP contribution in [0.3, 0.4) is 0 Å². The predicted molar refractivity (Wildman–Crippen MR) is 58.6 cm³/mol. The van der Waals surface area contributed by atoms with Gasteiger partial charge in [-0.05, 0) is 20.8 Å². The van der Waals surface area contributed by atoms with E-state index in [-0.39, 0.29) is 11.0 Å². The van der Waals surface area contributed by atoms with E-state index in [2.05, 4.69) is 51.8 Å². The van der Waals surface area contributed by atoms with Gasteiger partial charge in [-0.25, -0.2) is 4.98 Å². The maximum Gasteiger partial charge on any atom is 0.214 e. The number of rotatable bonds is 1. The number of hydrogen-bond acceptors (Lipinski definition) is 3. The molecule has 3 heteroatoms. The molecule has 0 atom stereocenters. The normalized spacial score (nSPS) is 13.0. The summed E-state index contributed by atoms with van der Waals surface area (Å²) in [5.41, 5.74) is -0.0213. The first-order chi connectivity index (χ1) is 6.18. The van der Waals surface area contributed by atoms with Gasteiger partial charge >= 0.3 is 0 Å². The molecule has 1 rings (SSSR count). The number of hydrogen-bond donors (Lipinski definition) is 1. The van der Waals surface area contributed by atoms with Crippen LogP contribution in [-0.2, 0) is 5.41 Å². The molecule has 0 aliphatic carbocycles. The van der Waals surface area contributed by atoms with Crippen LogP contribution in [0.5, 0.6) is 0 Å². The van der Waals surface area contributed by atoms with E-state index in [0.29, 0.717) is 0 Å². The Morgan fingerprint density at radius 1 is 1.14 bits per heavy atom. The Labute approximate surface area is 85.9 Å². The van der Waals surface area contributed by atoms with E-state index in [9.17, 15) is 0 Å². The SMILES string of the molecule is CC(C)(C)Nc1cnc(C(C)(C)C)o1. The molecule has 14 heavy (non-hydrogen) atoms. The topological polar surface area (TPSA) is 38.1 Å². The third kappa shape index (κ3) is 3.05. The van der Waals surface area contributed by atoms with Crippen LogP contribution in [-0.4, -0.2) is 10.5 Å². The third-order valence-corrected chi connectivity index (χ3v) is 1.65. The summed E-state index contributed by atoms with van der Waals surface area (Å²) >= 11 is 0. The maximum atomic E-state index is 5.60. The molecule has 0 unspecified atom stereocenters. The number of nitrogens with zero attached hydrogens (tertiary/aromatic N) is 1. The van der Waals surface area contributed by atoms with Gasteiger partial charge in [-0.2, -0.15) is 0 Å². The summed E-state index contributed by atoms with van der Waals surface area (Å²) in [6.07, 6.45) is 1.74. The van der Waals surface area contributed by atoms with E-state index >= 15 is 0 Å². The molecule has 80 valence electrons. The molecule has 1 aromatic rings. The molecule has 0 bridgehead atoms. The lowest BCUT2D eigenvalue weighted by Crippen LogP contribution is -2.25. The van der Waals surface area contributed by atoms with Gasteiger partial charge in [-0.3, -0.25) is 0 Å². The van der Waals surface area contributed by atoms with E-state index in [1.165, 1.54) is 0 Å². The van der Waals surface area contributed by atoms with Gasteiger partial charge < -0.3 is 9.73 Å². The first-order valence-corrected chi connectivity index (χ1v) is 4.93. The lowest BCUT2D eigenvalue weighted by Gasteiger charge is -2.19. The van der Waals surface area contributed by atoms with E-state index in [4.69, 9.17) is 4.42 Å². The summed E-state index contributed by atoms with van der Waals surface area (Å²) in [6, 6.07) is 0. The van der Waals surface area contributed by atoms with Gasteiger partial charge in [0, 0.05) is 11.0 Å². The van der Waals surface area contributed by atoms with Crippen molar-refractivity contribution >= 4 is 5.88 Å². The molecular formula is C11H20N2O. The summed E-state index contributed by atoms with van der Waals surface area (Å²) in [4.78, 5) is 4.24. The fourth-order valence-electron chi connectivity index (χ4n) is 1.05. The van der Waals surface area contributed by atoms with Crippen LogP contribution in [0.1, 0.15) is 47.4 Å². The van der Waals surface area contributed by atoms with Crippen LogP contribution in [0, 0.1) is 0 Å². The minimum atomic E-state index is -0.0299. The molecule has 3 nitrogen and oxygen atoms in total. The van der Waals surface area contributed by atoms with Crippen molar-refractivity contribution < 1.29 is 4.42 Å². The summed E-state index contributed by atoms with van der Waals surface area (Å²) in [5.74, 6) is 1.51. The lowest BCUT2D eigenvalue weighted by molar-refractivity contribution is 0.394. The van der Waals surface area contributed by atoms with Crippen molar-refractivity contribution in [3.05, 3.63) is 12.1 Å². The summed E-state index contributed by atoms with van der Waals surface area (Å²) in [7, 11) is 0. The van der Waals surface area contributed by atoms with Crippen LogP contribution in [0.15, 0.2) is 10.6 Å². The average molecular weight is 196 g/mol. The molecule has 1 aromatic heterocycles.